The molecule has 120 valence electrons. The van der Waals surface area contributed by atoms with E-state index in [-0.39, 0.29) is 12.3 Å². The van der Waals surface area contributed by atoms with Crippen molar-refractivity contribution in [3.8, 4) is 6.07 Å². The van der Waals surface area contributed by atoms with Crippen molar-refractivity contribution in [1.29, 1.82) is 5.26 Å². The van der Waals surface area contributed by atoms with Crippen LogP contribution in [0.3, 0.4) is 0 Å². The van der Waals surface area contributed by atoms with Gasteiger partial charge in [0.05, 0.1) is 22.5 Å². The molecule has 0 saturated carbocycles. The second kappa shape index (κ2) is 6.77. The number of nitriles is 1. The number of aromatic nitrogens is 1. The Bertz CT molecular complexity index is 926. The Kier molecular flexibility index (Phi) is 4.54. The first-order valence-electron chi connectivity index (χ1n) is 7.55. The third kappa shape index (κ3) is 3.27. The van der Waals surface area contributed by atoms with E-state index in [0.717, 1.165) is 16.5 Å². The van der Waals surface area contributed by atoms with E-state index in [0.29, 0.717) is 22.5 Å². The maximum absolute atomic E-state index is 11.3. The van der Waals surface area contributed by atoms with Crippen LogP contribution in [0, 0.1) is 11.3 Å². The molecule has 0 amide bonds. The van der Waals surface area contributed by atoms with Gasteiger partial charge >= 0.3 is 5.97 Å². The van der Waals surface area contributed by atoms with Gasteiger partial charge in [-0.1, -0.05) is 41.9 Å². The smallest absolute Gasteiger partial charge is 0.303 e. The van der Waals surface area contributed by atoms with Crippen molar-refractivity contribution in [3.63, 3.8) is 0 Å². The first kappa shape index (κ1) is 16.1. The van der Waals surface area contributed by atoms with Gasteiger partial charge in [-0.05, 0) is 35.6 Å². The van der Waals surface area contributed by atoms with Crippen LogP contribution < -0.4 is 0 Å². The SMILES string of the molecule is N#Cc1c[nH]c2c(Cl)cc(C(CC(=O)O)Cc3ccccc3)cc12. The molecule has 3 rings (SSSR count). The van der Waals surface area contributed by atoms with Crippen molar-refractivity contribution in [2.75, 3.05) is 0 Å². The summed E-state index contributed by atoms with van der Waals surface area (Å²) in [6.07, 6.45) is 2.22. The van der Waals surface area contributed by atoms with Crippen LogP contribution in [0.2, 0.25) is 5.02 Å². The fraction of sp³-hybridized carbons (Fsp3) is 0.158. The highest BCUT2D eigenvalue weighted by Crippen LogP contribution is 2.33. The van der Waals surface area contributed by atoms with E-state index in [1.54, 1.807) is 12.3 Å². The molecular weight excluding hydrogens is 324 g/mol. The first-order chi connectivity index (χ1) is 11.6. The van der Waals surface area contributed by atoms with E-state index >= 15 is 0 Å². The van der Waals surface area contributed by atoms with E-state index in [1.165, 1.54) is 0 Å². The quantitative estimate of drug-likeness (QED) is 0.719. The van der Waals surface area contributed by atoms with E-state index in [9.17, 15) is 15.2 Å². The molecule has 1 unspecified atom stereocenters. The Balaban J connectivity index is 2.05. The topological polar surface area (TPSA) is 76.9 Å². The van der Waals surface area contributed by atoms with Gasteiger partial charge in [0.25, 0.3) is 0 Å². The van der Waals surface area contributed by atoms with E-state index in [2.05, 4.69) is 11.1 Å². The maximum Gasteiger partial charge on any atom is 0.303 e. The predicted octanol–water partition coefficient (Wildman–Crippen LogP) is 4.49. The first-order valence-corrected chi connectivity index (χ1v) is 7.92. The van der Waals surface area contributed by atoms with Crippen LogP contribution in [0.5, 0.6) is 0 Å². The zero-order chi connectivity index (χ0) is 17.1. The van der Waals surface area contributed by atoms with Crippen molar-refractivity contribution in [2.24, 2.45) is 0 Å². The molecule has 0 bridgehead atoms. The highest BCUT2D eigenvalue weighted by molar-refractivity contribution is 6.35. The average molecular weight is 339 g/mol. The Morgan fingerprint density at radius 3 is 2.71 bits per heavy atom. The van der Waals surface area contributed by atoms with Gasteiger partial charge in [0.2, 0.25) is 0 Å². The summed E-state index contributed by atoms with van der Waals surface area (Å²) >= 11 is 6.33. The Morgan fingerprint density at radius 2 is 2.04 bits per heavy atom. The van der Waals surface area contributed by atoms with E-state index in [1.807, 2.05) is 36.4 Å². The molecule has 0 aliphatic rings. The summed E-state index contributed by atoms with van der Waals surface area (Å²) in [5, 5.41) is 19.7. The summed E-state index contributed by atoms with van der Waals surface area (Å²) in [7, 11) is 0. The van der Waals surface area contributed by atoms with Gasteiger partial charge in [-0.15, -0.1) is 0 Å². The Morgan fingerprint density at radius 1 is 1.29 bits per heavy atom. The Labute approximate surface area is 144 Å². The lowest BCUT2D eigenvalue weighted by Crippen LogP contribution is -2.09. The molecule has 0 aliphatic heterocycles. The number of hydrogen-bond acceptors (Lipinski definition) is 2. The number of carboxylic acids is 1. The summed E-state index contributed by atoms with van der Waals surface area (Å²) in [4.78, 5) is 14.3. The number of H-pyrrole nitrogens is 1. The molecule has 0 aliphatic carbocycles. The van der Waals surface area contributed by atoms with Gasteiger partial charge < -0.3 is 10.1 Å². The van der Waals surface area contributed by atoms with Crippen molar-refractivity contribution in [2.45, 2.75) is 18.8 Å². The lowest BCUT2D eigenvalue weighted by atomic mass is 9.88. The number of benzene rings is 2. The van der Waals surface area contributed by atoms with Gasteiger partial charge in [0.1, 0.15) is 6.07 Å². The minimum Gasteiger partial charge on any atom is -0.481 e. The zero-order valence-electron chi connectivity index (χ0n) is 12.8. The van der Waals surface area contributed by atoms with Crippen LogP contribution in [-0.4, -0.2) is 16.1 Å². The van der Waals surface area contributed by atoms with E-state index in [4.69, 9.17) is 11.6 Å². The number of nitrogens with one attached hydrogen (secondary N) is 1. The standard InChI is InChI=1S/C19H15ClN2O2/c20-17-8-14(7-16-15(10-21)11-22-19(16)17)13(9-18(23)24)6-12-4-2-1-3-5-12/h1-5,7-8,11,13,22H,6,9H2,(H,23,24). The number of aliphatic carboxylic acids is 1. The van der Waals surface area contributed by atoms with Crippen LogP contribution in [0.15, 0.2) is 48.7 Å². The van der Waals surface area contributed by atoms with E-state index < -0.39 is 5.97 Å². The number of hydrogen-bond donors (Lipinski definition) is 2. The second-order valence-corrected chi connectivity index (χ2v) is 6.13. The second-order valence-electron chi connectivity index (χ2n) is 5.72. The lowest BCUT2D eigenvalue weighted by molar-refractivity contribution is -0.137. The van der Waals surface area contributed by atoms with Crippen molar-refractivity contribution in [3.05, 3.63) is 70.4 Å². The fourth-order valence-electron chi connectivity index (χ4n) is 2.95. The summed E-state index contributed by atoms with van der Waals surface area (Å²) in [5.74, 6) is -1.07. The average Bonchev–Trinajstić information content (AvgIpc) is 2.98. The summed E-state index contributed by atoms with van der Waals surface area (Å²) in [6, 6.07) is 15.5. The van der Waals surface area contributed by atoms with Gasteiger partial charge in [0.15, 0.2) is 0 Å². The molecule has 0 spiro atoms. The molecule has 2 N–H and O–H groups in total. The number of nitrogens with zero attached hydrogens (tertiary/aromatic N) is 1. The monoisotopic (exact) mass is 338 g/mol. The third-order valence-corrected chi connectivity index (χ3v) is 4.40. The molecule has 24 heavy (non-hydrogen) atoms. The lowest BCUT2D eigenvalue weighted by Gasteiger charge is -2.16. The molecule has 1 aromatic heterocycles. The molecule has 2 aromatic carbocycles. The van der Waals surface area contributed by atoms with Crippen molar-refractivity contribution < 1.29 is 9.90 Å². The maximum atomic E-state index is 11.3. The summed E-state index contributed by atoms with van der Waals surface area (Å²) in [5.41, 5.74) is 3.10. The molecule has 1 heterocycles. The summed E-state index contributed by atoms with van der Waals surface area (Å²) in [6.45, 7) is 0. The van der Waals surface area contributed by atoms with Crippen LogP contribution in [0.25, 0.3) is 10.9 Å². The third-order valence-electron chi connectivity index (χ3n) is 4.10. The molecule has 0 fully saturated rings. The largest absolute Gasteiger partial charge is 0.481 e. The number of carboxylic acid groups (broad SMARTS) is 1. The van der Waals surface area contributed by atoms with Gasteiger partial charge in [-0.2, -0.15) is 5.26 Å². The van der Waals surface area contributed by atoms with Crippen molar-refractivity contribution in [1.82, 2.24) is 4.98 Å². The van der Waals surface area contributed by atoms with Crippen LogP contribution in [0.1, 0.15) is 29.0 Å². The highest BCUT2D eigenvalue weighted by atomic mass is 35.5. The fourth-order valence-corrected chi connectivity index (χ4v) is 3.24. The van der Waals surface area contributed by atoms with Crippen molar-refractivity contribution >= 4 is 28.5 Å². The minimum absolute atomic E-state index is 0.00302. The number of carbonyl (C=O) groups is 1. The number of aromatic amines is 1. The minimum atomic E-state index is -0.860. The molecule has 1 atom stereocenters. The van der Waals surface area contributed by atoms with Crippen LogP contribution in [0.4, 0.5) is 0 Å². The molecule has 5 heteroatoms. The van der Waals surface area contributed by atoms with Crippen LogP contribution in [-0.2, 0) is 11.2 Å². The molecular formula is C19H15ClN2O2. The van der Waals surface area contributed by atoms with Gasteiger partial charge in [0, 0.05) is 11.6 Å². The summed E-state index contributed by atoms with van der Waals surface area (Å²) < 4.78 is 0. The van der Waals surface area contributed by atoms with Gasteiger partial charge in [-0.25, -0.2) is 0 Å². The molecule has 3 aromatic rings. The molecule has 0 saturated heterocycles. The highest BCUT2D eigenvalue weighted by Gasteiger charge is 2.19. The Hall–Kier alpha value is -2.77. The zero-order valence-corrected chi connectivity index (χ0v) is 13.5. The number of fused-ring (bicyclic) bond motifs is 1. The number of halogens is 1. The molecule has 0 radical (unpaired) electrons. The molecule has 4 nitrogen and oxygen atoms in total. The van der Waals surface area contributed by atoms with Gasteiger partial charge in [-0.3, -0.25) is 4.79 Å². The normalized spacial score (nSPS) is 12.0. The number of rotatable bonds is 5. The van der Waals surface area contributed by atoms with Crippen LogP contribution >= 0.6 is 11.6 Å². The predicted molar refractivity (Wildman–Crippen MR) is 93.2 cm³/mol.